The van der Waals surface area contributed by atoms with Gasteiger partial charge in [-0.1, -0.05) is 13.8 Å². The van der Waals surface area contributed by atoms with Gasteiger partial charge in [-0.05, 0) is 12.8 Å². The van der Waals surface area contributed by atoms with E-state index in [-0.39, 0.29) is 17.9 Å². The summed E-state index contributed by atoms with van der Waals surface area (Å²) < 4.78 is 0. The number of hydrogen-bond donors (Lipinski definition) is 2. The maximum absolute atomic E-state index is 11.8. The molecule has 1 atom stereocenters. The Morgan fingerprint density at radius 3 is 2.69 bits per heavy atom. The SMILES string of the molecule is CCNC(=O)[C@@H](Nc1cnccn1)C(C)C. The summed E-state index contributed by atoms with van der Waals surface area (Å²) in [7, 11) is 0. The van der Waals surface area contributed by atoms with Crippen molar-refractivity contribution in [3.05, 3.63) is 18.6 Å². The molecular weight excluding hydrogens is 204 g/mol. The third-order valence-corrected chi connectivity index (χ3v) is 2.17. The number of hydrogen-bond acceptors (Lipinski definition) is 4. The average molecular weight is 222 g/mol. The van der Waals surface area contributed by atoms with E-state index in [1.807, 2.05) is 20.8 Å². The van der Waals surface area contributed by atoms with Crippen LogP contribution < -0.4 is 10.6 Å². The minimum atomic E-state index is -0.281. The van der Waals surface area contributed by atoms with Crippen LogP contribution in [0.25, 0.3) is 0 Å². The van der Waals surface area contributed by atoms with Crippen molar-refractivity contribution >= 4 is 11.7 Å². The Labute approximate surface area is 95.7 Å². The number of amides is 1. The van der Waals surface area contributed by atoms with E-state index in [0.29, 0.717) is 12.4 Å². The number of rotatable bonds is 5. The second-order valence-corrected chi connectivity index (χ2v) is 3.85. The first-order chi connectivity index (χ1) is 7.65. The standard InChI is InChI=1S/C11H18N4O/c1-4-13-11(16)10(8(2)3)15-9-7-12-5-6-14-9/h5-8,10H,4H2,1-3H3,(H,13,16)(H,14,15)/t10-/m0/s1. The van der Waals surface area contributed by atoms with Gasteiger partial charge in [0.1, 0.15) is 11.9 Å². The lowest BCUT2D eigenvalue weighted by molar-refractivity contribution is -0.122. The van der Waals surface area contributed by atoms with Crippen molar-refractivity contribution in [1.29, 1.82) is 0 Å². The third-order valence-electron chi connectivity index (χ3n) is 2.17. The Morgan fingerprint density at radius 2 is 2.19 bits per heavy atom. The zero-order valence-corrected chi connectivity index (χ0v) is 9.90. The quantitative estimate of drug-likeness (QED) is 0.781. The molecule has 1 heterocycles. The Kier molecular flexibility index (Phi) is 4.69. The average Bonchev–Trinajstić information content (AvgIpc) is 2.27. The molecule has 0 aromatic carbocycles. The first kappa shape index (κ1) is 12.4. The second kappa shape index (κ2) is 6.05. The molecule has 0 saturated carbocycles. The van der Waals surface area contributed by atoms with E-state index in [1.54, 1.807) is 18.6 Å². The van der Waals surface area contributed by atoms with Gasteiger partial charge in [-0.15, -0.1) is 0 Å². The zero-order chi connectivity index (χ0) is 12.0. The number of nitrogens with zero attached hydrogens (tertiary/aromatic N) is 2. The number of anilines is 1. The molecule has 0 radical (unpaired) electrons. The molecule has 0 bridgehead atoms. The minimum absolute atomic E-state index is 0.0110. The summed E-state index contributed by atoms with van der Waals surface area (Å²) in [6, 6.07) is -0.281. The summed E-state index contributed by atoms with van der Waals surface area (Å²) in [6.45, 7) is 6.51. The van der Waals surface area contributed by atoms with Crippen LogP contribution >= 0.6 is 0 Å². The Balaban J connectivity index is 2.69. The zero-order valence-electron chi connectivity index (χ0n) is 9.90. The topological polar surface area (TPSA) is 66.9 Å². The molecule has 0 aliphatic carbocycles. The van der Waals surface area contributed by atoms with Crippen LogP contribution in [-0.2, 0) is 4.79 Å². The largest absolute Gasteiger partial charge is 0.357 e. The lowest BCUT2D eigenvalue weighted by Gasteiger charge is -2.21. The monoisotopic (exact) mass is 222 g/mol. The molecule has 1 aromatic heterocycles. The Morgan fingerprint density at radius 1 is 1.44 bits per heavy atom. The molecule has 88 valence electrons. The van der Waals surface area contributed by atoms with Crippen LogP contribution in [-0.4, -0.2) is 28.5 Å². The van der Waals surface area contributed by atoms with E-state index in [1.165, 1.54) is 0 Å². The van der Waals surface area contributed by atoms with Crippen LogP contribution in [0.2, 0.25) is 0 Å². The third kappa shape index (κ3) is 3.49. The highest BCUT2D eigenvalue weighted by atomic mass is 16.2. The van der Waals surface area contributed by atoms with Gasteiger partial charge in [0.15, 0.2) is 0 Å². The molecular formula is C11H18N4O. The highest BCUT2D eigenvalue weighted by Gasteiger charge is 2.21. The maximum atomic E-state index is 11.8. The molecule has 2 N–H and O–H groups in total. The Hall–Kier alpha value is -1.65. The minimum Gasteiger partial charge on any atom is -0.357 e. The number of aromatic nitrogens is 2. The molecule has 16 heavy (non-hydrogen) atoms. The van der Waals surface area contributed by atoms with Crippen molar-refractivity contribution in [3.63, 3.8) is 0 Å². The van der Waals surface area contributed by atoms with Crippen molar-refractivity contribution in [2.24, 2.45) is 5.92 Å². The van der Waals surface area contributed by atoms with Gasteiger partial charge in [0, 0.05) is 18.9 Å². The van der Waals surface area contributed by atoms with Crippen molar-refractivity contribution < 1.29 is 4.79 Å². The first-order valence-corrected chi connectivity index (χ1v) is 5.45. The maximum Gasteiger partial charge on any atom is 0.242 e. The second-order valence-electron chi connectivity index (χ2n) is 3.85. The predicted octanol–water partition coefficient (Wildman–Crippen LogP) is 1.05. The summed E-state index contributed by atoms with van der Waals surface area (Å²) in [5.74, 6) is 0.796. The molecule has 0 spiro atoms. The molecule has 0 saturated heterocycles. The van der Waals surface area contributed by atoms with Crippen molar-refractivity contribution in [2.45, 2.75) is 26.8 Å². The van der Waals surface area contributed by atoms with E-state index in [0.717, 1.165) is 0 Å². The number of carbonyl (C=O) groups excluding carboxylic acids is 1. The molecule has 0 aliphatic heterocycles. The molecule has 0 aliphatic rings. The molecule has 1 aromatic rings. The van der Waals surface area contributed by atoms with E-state index >= 15 is 0 Å². The van der Waals surface area contributed by atoms with Crippen LogP contribution in [0.15, 0.2) is 18.6 Å². The predicted molar refractivity (Wildman–Crippen MR) is 63.0 cm³/mol. The van der Waals surface area contributed by atoms with Crippen LogP contribution in [0.1, 0.15) is 20.8 Å². The number of carbonyl (C=O) groups is 1. The molecule has 0 fully saturated rings. The van der Waals surface area contributed by atoms with Gasteiger partial charge in [-0.25, -0.2) is 4.98 Å². The lowest BCUT2D eigenvalue weighted by atomic mass is 10.0. The summed E-state index contributed by atoms with van der Waals surface area (Å²) in [5, 5.41) is 5.87. The van der Waals surface area contributed by atoms with Crippen LogP contribution in [0.3, 0.4) is 0 Å². The van der Waals surface area contributed by atoms with E-state index < -0.39 is 0 Å². The fourth-order valence-electron chi connectivity index (χ4n) is 1.35. The van der Waals surface area contributed by atoms with Gasteiger partial charge in [-0.2, -0.15) is 0 Å². The summed E-state index contributed by atoms with van der Waals surface area (Å²) in [6.07, 6.45) is 4.80. The van der Waals surface area contributed by atoms with Gasteiger partial charge < -0.3 is 10.6 Å². The highest BCUT2D eigenvalue weighted by Crippen LogP contribution is 2.09. The molecule has 5 heteroatoms. The van der Waals surface area contributed by atoms with Crippen LogP contribution in [0.4, 0.5) is 5.82 Å². The molecule has 1 amide bonds. The first-order valence-electron chi connectivity index (χ1n) is 5.45. The summed E-state index contributed by atoms with van der Waals surface area (Å²) >= 11 is 0. The van der Waals surface area contributed by atoms with E-state index in [2.05, 4.69) is 20.6 Å². The summed E-state index contributed by atoms with van der Waals surface area (Å²) in [4.78, 5) is 19.8. The van der Waals surface area contributed by atoms with Crippen molar-refractivity contribution in [1.82, 2.24) is 15.3 Å². The molecule has 1 rings (SSSR count). The van der Waals surface area contributed by atoms with Crippen LogP contribution in [0, 0.1) is 5.92 Å². The van der Waals surface area contributed by atoms with Gasteiger partial charge >= 0.3 is 0 Å². The fraction of sp³-hybridized carbons (Fsp3) is 0.545. The van der Waals surface area contributed by atoms with Gasteiger partial charge in [0.25, 0.3) is 0 Å². The van der Waals surface area contributed by atoms with E-state index in [4.69, 9.17) is 0 Å². The number of likely N-dealkylation sites (N-methyl/N-ethyl adjacent to an activating group) is 1. The number of nitrogens with one attached hydrogen (secondary N) is 2. The van der Waals surface area contributed by atoms with Crippen molar-refractivity contribution in [3.8, 4) is 0 Å². The van der Waals surface area contributed by atoms with Crippen LogP contribution in [0.5, 0.6) is 0 Å². The molecule has 5 nitrogen and oxygen atoms in total. The van der Waals surface area contributed by atoms with Gasteiger partial charge in [0.2, 0.25) is 5.91 Å². The highest BCUT2D eigenvalue weighted by molar-refractivity contribution is 5.84. The molecule has 0 unspecified atom stereocenters. The van der Waals surface area contributed by atoms with E-state index in [9.17, 15) is 4.79 Å². The normalized spacial score (nSPS) is 12.2. The van der Waals surface area contributed by atoms with Gasteiger partial charge in [-0.3, -0.25) is 9.78 Å². The fourth-order valence-corrected chi connectivity index (χ4v) is 1.35. The Bertz CT molecular complexity index is 326. The van der Waals surface area contributed by atoms with Gasteiger partial charge in [0.05, 0.1) is 6.20 Å². The smallest absolute Gasteiger partial charge is 0.242 e. The lowest BCUT2D eigenvalue weighted by Crippen LogP contribution is -2.43. The summed E-state index contributed by atoms with van der Waals surface area (Å²) in [5.41, 5.74) is 0. The van der Waals surface area contributed by atoms with Crippen molar-refractivity contribution in [2.75, 3.05) is 11.9 Å².